The van der Waals surface area contributed by atoms with Crippen LogP contribution >= 0.6 is 15.9 Å². The molecule has 1 atom stereocenters. The third-order valence-electron chi connectivity index (χ3n) is 7.43. The van der Waals surface area contributed by atoms with Crippen molar-refractivity contribution >= 4 is 43.5 Å². The number of benzene rings is 3. The molecule has 10 heteroatoms. The highest BCUT2D eigenvalue weighted by atomic mass is 79.9. The van der Waals surface area contributed by atoms with Crippen LogP contribution in [0.2, 0.25) is 0 Å². The summed E-state index contributed by atoms with van der Waals surface area (Å²) >= 11 is 3.44. The summed E-state index contributed by atoms with van der Waals surface area (Å²) < 4.78 is 35.4. The van der Waals surface area contributed by atoms with Crippen molar-refractivity contribution in [2.75, 3.05) is 17.5 Å². The van der Waals surface area contributed by atoms with E-state index in [4.69, 9.17) is 4.74 Å². The zero-order chi connectivity index (χ0) is 30.1. The van der Waals surface area contributed by atoms with Gasteiger partial charge in [-0.05, 0) is 80.8 Å². The highest BCUT2D eigenvalue weighted by Crippen LogP contribution is 2.26. The van der Waals surface area contributed by atoms with Crippen molar-refractivity contribution in [3.63, 3.8) is 0 Å². The second-order valence-electron chi connectivity index (χ2n) is 10.4. The molecule has 2 amide bonds. The van der Waals surface area contributed by atoms with E-state index >= 15 is 0 Å². The number of hydrogen-bond donors (Lipinski definition) is 1. The fourth-order valence-corrected chi connectivity index (χ4v) is 6.74. The van der Waals surface area contributed by atoms with E-state index in [1.165, 1.54) is 17.0 Å². The van der Waals surface area contributed by atoms with Gasteiger partial charge in [-0.25, -0.2) is 8.42 Å². The molecule has 4 rings (SSSR count). The third-order valence-corrected chi connectivity index (χ3v) is 9.75. The van der Waals surface area contributed by atoms with E-state index < -0.39 is 28.5 Å². The number of halogens is 1. The van der Waals surface area contributed by atoms with Gasteiger partial charge in [-0.1, -0.05) is 65.5 Å². The summed E-state index contributed by atoms with van der Waals surface area (Å²) in [5.74, 6) is -0.173. The van der Waals surface area contributed by atoms with E-state index in [0.29, 0.717) is 18.0 Å². The number of sulfonamides is 1. The summed E-state index contributed by atoms with van der Waals surface area (Å²) in [6, 6.07) is 21.4. The Bertz CT molecular complexity index is 1430. The van der Waals surface area contributed by atoms with Crippen LogP contribution in [-0.4, -0.2) is 50.4 Å². The van der Waals surface area contributed by atoms with Crippen LogP contribution in [0.15, 0.2) is 88.2 Å². The first kappa shape index (κ1) is 31.6. The number of anilines is 1. The molecule has 1 aliphatic rings. The molecule has 0 spiro atoms. The van der Waals surface area contributed by atoms with Crippen LogP contribution in [0.1, 0.15) is 51.5 Å². The SMILES string of the molecule is CCOc1ccc(S(=O)(=O)N(CC(=O)N(Cc2ccc(Br)cc2)[C@@H](C)C(=O)NC2CCCCC2)c2ccccc2)cc1. The Labute approximate surface area is 257 Å². The number of hydrogen-bond acceptors (Lipinski definition) is 5. The fraction of sp³-hybridized carbons (Fsp3) is 0.375. The number of nitrogens with zero attached hydrogens (tertiary/aromatic N) is 2. The molecule has 0 aliphatic heterocycles. The van der Waals surface area contributed by atoms with Crippen LogP contribution in [0.25, 0.3) is 0 Å². The van der Waals surface area contributed by atoms with Gasteiger partial charge in [-0.2, -0.15) is 0 Å². The second-order valence-corrected chi connectivity index (χ2v) is 13.2. The lowest BCUT2D eigenvalue weighted by molar-refractivity contribution is -0.139. The Morgan fingerprint density at radius 1 is 0.952 bits per heavy atom. The lowest BCUT2D eigenvalue weighted by Crippen LogP contribution is -2.53. The van der Waals surface area contributed by atoms with Gasteiger partial charge in [0.05, 0.1) is 17.2 Å². The number of carbonyl (C=O) groups excluding carboxylic acids is 2. The molecule has 1 aliphatic carbocycles. The molecule has 1 N–H and O–H groups in total. The predicted molar refractivity (Wildman–Crippen MR) is 168 cm³/mol. The minimum absolute atomic E-state index is 0.0326. The average Bonchev–Trinajstić information content (AvgIpc) is 3.00. The lowest BCUT2D eigenvalue weighted by atomic mass is 9.95. The average molecular weight is 657 g/mol. The summed E-state index contributed by atoms with van der Waals surface area (Å²) in [7, 11) is -4.14. The van der Waals surface area contributed by atoms with E-state index in [-0.39, 0.29) is 23.4 Å². The van der Waals surface area contributed by atoms with E-state index in [1.54, 1.807) is 49.4 Å². The zero-order valence-corrected chi connectivity index (χ0v) is 26.4. The third kappa shape index (κ3) is 8.13. The van der Waals surface area contributed by atoms with Crippen LogP contribution in [0.4, 0.5) is 5.69 Å². The first-order valence-corrected chi connectivity index (χ1v) is 16.6. The Morgan fingerprint density at radius 3 is 2.21 bits per heavy atom. The molecule has 1 saturated carbocycles. The molecular weight excluding hydrogens is 618 g/mol. The van der Waals surface area contributed by atoms with Gasteiger partial charge in [-0.15, -0.1) is 0 Å². The van der Waals surface area contributed by atoms with Crippen LogP contribution in [0.5, 0.6) is 5.75 Å². The smallest absolute Gasteiger partial charge is 0.264 e. The summed E-state index contributed by atoms with van der Waals surface area (Å²) in [5, 5.41) is 3.12. The van der Waals surface area contributed by atoms with Crippen molar-refractivity contribution in [3.05, 3.63) is 88.9 Å². The normalized spacial score (nSPS) is 14.5. The van der Waals surface area contributed by atoms with Gasteiger partial charge in [0.2, 0.25) is 11.8 Å². The quantitative estimate of drug-likeness (QED) is 0.262. The molecule has 1 fully saturated rings. The minimum atomic E-state index is -4.14. The van der Waals surface area contributed by atoms with Crippen molar-refractivity contribution in [1.29, 1.82) is 0 Å². The number of nitrogens with one attached hydrogen (secondary N) is 1. The van der Waals surface area contributed by atoms with Gasteiger partial charge in [0, 0.05) is 17.1 Å². The van der Waals surface area contributed by atoms with Gasteiger partial charge in [-0.3, -0.25) is 13.9 Å². The van der Waals surface area contributed by atoms with Crippen LogP contribution < -0.4 is 14.4 Å². The maximum atomic E-state index is 14.1. The monoisotopic (exact) mass is 655 g/mol. The van der Waals surface area contributed by atoms with Gasteiger partial charge < -0.3 is 15.0 Å². The molecule has 42 heavy (non-hydrogen) atoms. The Kier molecular flexibility index (Phi) is 11.0. The molecular formula is C32H38BrN3O5S. The second kappa shape index (κ2) is 14.7. The molecule has 224 valence electrons. The number of ether oxygens (including phenoxy) is 1. The molecule has 3 aromatic carbocycles. The maximum absolute atomic E-state index is 14.1. The minimum Gasteiger partial charge on any atom is -0.494 e. The Balaban J connectivity index is 1.64. The topological polar surface area (TPSA) is 96.0 Å². The van der Waals surface area contributed by atoms with E-state index in [0.717, 1.165) is 46.4 Å². The van der Waals surface area contributed by atoms with Crippen LogP contribution in [0.3, 0.4) is 0 Å². The summed E-state index contributed by atoms with van der Waals surface area (Å²) in [5.41, 5.74) is 1.17. The number of para-hydroxylation sites is 1. The first-order valence-electron chi connectivity index (χ1n) is 14.3. The summed E-state index contributed by atoms with van der Waals surface area (Å²) in [6.45, 7) is 3.68. The first-order chi connectivity index (χ1) is 20.2. The molecule has 0 saturated heterocycles. The number of carbonyl (C=O) groups is 2. The highest BCUT2D eigenvalue weighted by molar-refractivity contribution is 9.10. The van der Waals surface area contributed by atoms with Crippen molar-refractivity contribution < 1.29 is 22.7 Å². The van der Waals surface area contributed by atoms with Gasteiger partial charge in [0.1, 0.15) is 18.3 Å². The van der Waals surface area contributed by atoms with Gasteiger partial charge >= 0.3 is 0 Å². The largest absolute Gasteiger partial charge is 0.494 e. The highest BCUT2D eigenvalue weighted by Gasteiger charge is 2.33. The van der Waals surface area contributed by atoms with E-state index in [2.05, 4.69) is 21.2 Å². The summed E-state index contributed by atoms with van der Waals surface area (Å²) in [4.78, 5) is 29.0. The number of rotatable bonds is 12. The molecule has 0 bridgehead atoms. The van der Waals surface area contributed by atoms with E-state index in [9.17, 15) is 18.0 Å². The van der Waals surface area contributed by atoms with E-state index in [1.807, 2.05) is 31.2 Å². The Morgan fingerprint density at radius 2 is 1.60 bits per heavy atom. The molecule has 0 aromatic heterocycles. The van der Waals surface area contributed by atoms with Crippen LogP contribution in [0, 0.1) is 0 Å². The zero-order valence-electron chi connectivity index (χ0n) is 24.0. The van der Waals surface area contributed by atoms with Crippen LogP contribution in [-0.2, 0) is 26.2 Å². The van der Waals surface area contributed by atoms with Crippen molar-refractivity contribution in [3.8, 4) is 5.75 Å². The predicted octanol–water partition coefficient (Wildman–Crippen LogP) is 5.91. The van der Waals surface area contributed by atoms with Gasteiger partial charge in [0.25, 0.3) is 10.0 Å². The lowest BCUT2D eigenvalue weighted by Gasteiger charge is -2.33. The molecule has 3 aromatic rings. The fourth-order valence-electron chi connectivity index (χ4n) is 5.06. The molecule has 0 heterocycles. The van der Waals surface area contributed by atoms with Crippen molar-refractivity contribution in [2.45, 2.75) is 69.5 Å². The van der Waals surface area contributed by atoms with Gasteiger partial charge in [0.15, 0.2) is 0 Å². The molecule has 0 radical (unpaired) electrons. The molecule has 0 unspecified atom stereocenters. The van der Waals surface area contributed by atoms with Crippen molar-refractivity contribution in [1.82, 2.24) is 10.2 Å². The summed E-state index contributed by atoms with van der Waals surface area (Å²) in [6.07, 6.45) is 5.13. The standard InChI is InChI=1S/C32H38BrN3O5S/c1-3-41-29-18-20-30(21-19-29)42(39,40)36(28-12-8-5-9-13-28)23-31(37)35(22-25-14-16-26(33)17-15-25)24(2)32(38)34-27-10-6-4-7-11-27/h5,8-9,12-21,24,27H,3-4,6-7,10-11,22-23H2,1-2H3,(H,34,38)/t24-/m0/s1. The Hall–Kier alpha value is -3.37. The maximum Gasteiger partial charge on any atom is 0.264 e. The number of amides is 2. The molecule has 8 nitrogen and oxygen atoms in total. The van der Waals surface area contributed by atoms with Crippen molar-refractivity contribution in [2.24, 2.45) is 0 Å².